The van der Waals surface area contributed by atoms with E-state index in [1.165, 1.54) is 16.9 Å². The van der Waals surface area contributed by atoms with Gasteiger partial charge in [0.05, 0.1) is 22.7 Å². The minimum atomic E-state index is 0.0216. The number of carbonyl (C=O) groups excluding carboxylic acids is 1. The number of nitrogens with one attached hydrogen (secondary N) is 2. The number of rotatable bonds is 2. The summed E-state index contributed by atoms with van der Waals surface area (Å²) in [4.78, 5) is 18.2. The van der Waals surface area contributed by atoms with Crippen molar-refractivity contribution < 1.29 is 4.79 Å². The van der Waals surface area contributed by atoms with E-state index in [1.54, 1.807) is 11.3 Å². The molecule has 0 atom stereocenters. The molecule has 0 bridgehead atoms. The molecule has 1 spiro atoms. The Morgan fingerprint density at radius 2 is 2.30 bits per heavy atom. The highest BCUT2D eigenvalue weighted by Crippen LogP contribution is 2.44. The first kappa shape index (κ1) is 12.1. The number of anilines is 1. The third-order valence-corrected chi connectivity index (χ3v) is 5.81. The van der Waals surface area contributed by atoms with Crippen LogP contribution in [0.2, 0.25) is 0 Å². The van der Waals surface area contributed by atoms with E-state index >= 15 is 0 Å². The number of amides is 1. The van der Waals surface area contributed by atoms with Gasteiger partial charge in [0.1, 0.15) is 5.00 Å². The van der Waals surface area contributed by atoms with E-state index in [1.807, 2.05) is 7.05 Å². The van der Waals surface area contributed by atoms with Crippen molar-refractivity contribution >= 4 is 28.0 Å². The predicted molar refractivity (Wildman–Crippen MR) is 82.2 cm³/mol. The fourth-order valence-corrected chi connectivity index (χ4v) is 4.52. The first-order valence-electron chi connectivity index (χ1n) is 7.10. The van der Waals surface area contributed by atoms with Crippen molar-refractivity contribution in [3.8, 4) is 0 Å². The van der Waals surface area contributed by atoms with Crippen molar-refractivity contribution in [1.82, 2.24) is 5.32 Å². The first-order chi connectivity index (χ1) is 9.72. The van der Waals surface area contributed by atoms with E-state index in [0.29, 0.717) is 0 Å². The molecule has 1 aromatic heterocycles. The maximum atomic E-state index is 12.5. The van der Waals surface area contributed by atoms with Gasteiger partial charge in [-0.15, -0.1) is 11.3 Å². The van der Waals surface area contributed by atoms with Crippen LogP contribution >= 0.6 is 11.3 Å². The molecule has 0 aromatic carbocycles. The summed E-state index contributed by atoms with van der Waals surface area (Å²) >= 11 is 1.66. The number of fused-ring (bicyclic) bond motifs is 1. The van der Waals surface area contributed by atoms with Gasteiger partial charge in [0.15, 0.2) is 0 Å². The van der Waals surface area contributed by atoms with Crippen LogP contribution in [0.25, 0.3) is 0 Å². The molecule has 1 amide bonds. The molecule has 3 aliphatic rings. The molecule has 5 heteroatoms. The largest absolute Gasteiger partial charge is 0.379 e. The average Bonchev–Trinajstić information content (AvgIpc) is 3.03. The highest BCUT2D eigenvalue weighted by Gasteiger charge is 2.45. The number of hydrogen-bond acceptors (Lipinski definition) is 4. The Balaban J connectivity index is 1.86. The van der Waals surface area contributed by atoms with Gasteiger partial charge in [-0.25, -0.2) is 0 Å². The normalized spacial score (nSPS) is 22.2. The lowest BCUT2D eigenvalue weighted by molar-refractivity contribution is 0.0798. The topological polar surface area (TPSA) is 53.5 Å². The van der Waals surface area contributed by atoms with Gasteiger partial charge >= 0.3 is 0 Å². The van der Waals surface area contributed by atoms with E-state index < -0.39 is 0 Å². The standard InChI is InChI=1S/C15H17N3OS/c1-16-14-11-9(12(20-14)10-4-2-7-17-10)8-15(5-3-6-15)18-13(11)19/h2,4,16H,3,5-8H2,1H3,(H,18,19). The smallest absolute Gasteiger partial charge is 0.255 e. The summed E-state index contributed by atoms with van der Waals surface area (Å²) in [5.74, 6) is 0.0837. The van der Waals surface area contributed by atoms with Crippen LogP contribution in [0.15, 0.2) is 17.1 Å². The zero-order chi connectivity index (χ0) is 13.7. The van der Waals surface area contributed by atoms with Gasteiger partial charge in [-0.05, 0) is 37.3 Å². The Kier molecular flexibility index (Phi) is 2.54. The van der Waals surface area contributed by atoms with Gasteiger partial charge in [0, 0.05) is 12.6 Å². The summed E-state index contributed by atoms with van der Waals surface area (Å²) in [5, 5.41) is 7.37. The maximum Gasteiger partial charge on any atom is 0.255 e. The van der Waals surface area contributed by atoms with Crippen molar-refractivity contribution in [3.05, 3.63) is 28.2 Å². The molecule has 1 aliphatic carbocycles. The number of allylic oxidation sites excluding steroid dienone is 1. The molecule has 104 valence electrons. The fourth-order valence-electron chi connectivity index (χ4n) is 3.36. The predicted octanol–water partition coefficient (Wildman–Crippen LogP) is 2.36. The van der Waals surface area contributed by atoms with Crippen LogP contribution in [0.5, 0.6) is 0 Å². The van der Waals surface area contributed by atoms with Crippen molar-refractivity contribution in [3.63, 3.8) is 0 Å². The lowest BCUT2D eigenvalue weighted by atomic mass is 9.70. The third-order valence-electron chi connectivity index (χ3n) is 4.54. The van der Waals surface area contributed by atoms with Crippen LogP contribution in [0, 0.1) is 0 Å². The molecule has 0 saturated heterocycles. The van der Waals surface area contributed by atoms with Gasteiger partial charge in [0.25, 0.3) is 5.91 Å². The number of nitrogens with zero attached hydrogens (tertiary/aromatic N) is 1. The summed E-state index contributed by atoms with van der Waals surface area (Å²) in [6, 6.07) is 0. The minimum Gasteiger partial charge on any atom is -0.379 e. The van der Waals surface area contributed by atoms with Gasteiger partial charge in [-0.3, -0.25) is 9.79 Å². The van der Waals surface area contributed by atoms with Crippen LogP contribution in [0.3, 0.4) is 0 Å². The molecule has 4 rings (SSSR count). The molecule has 20 heavy (non-hydrogen) atoms. The highest BCUT2D eigenvalue weighted by molar-refractivity contribution is 7.18. The Hall–Kier alpha value is -1.62. The molecule has 2 aliphatic heterocycles. The van der Waals surface area contributed by atoms with Crippen LogP contribution in [-0.4, -0.2) is 30.8 Å². The fraction of sp³-hybridized carbons (Fsp3) is 0.467. The SMILES string of the molecule is CNc1sc(C2=NCC=C2)c2c1C(=O)NC1(CCC1)C2. The summed E-state index contributed by atoms with van der Waals surface area (Å²) < 4.78 is 0. The molecule has 1 fully saturated rings. The van der Waals surface area contributed by atoms with Gasteiger partial charge < -0.3 is 10.6 Å². The maximum absolute atomic E-state index is 12.5. The third kappa shape index (κ3) is 1.59. The number of aliphatic imine (C=N–C) groups is 1. The minimum absolute atomic E-state index is 0.0216. The highest BCUT2D eigenvalue weighted by atomic mass is 32.1. The molecular weight excluding hydrogens is 270 g/mol. The average molecular weight is 287 g/mol. The molecule has 1 saturated carbocycles. The van der Waals surface area contributed by atoms with Crippen molar-refractivity contribution in [2.45, 2.75) is 31.2 Å². The zero-order valence-electron chi connectivity index (χ0n) is 11.5. The number of hydrogen-bond donors (Lipinski definition) is 2. The Morgan fingerprint density at radius 3 is 2.90 bits per heavy atom. The second-order valence-electron chi connectivity index (χ2n) is 5.76. The molecule has 0 unspecified atom stereocenters. The molecule has 0 radical (unpaired) electrons. The van der Waals surface area contributed by atoms with Crippen LogP contribution in [0.4, 0.5) is 5.00 Å². The van der Waals surface area contributed by atoms with Crippen LogP contribution < -0.4 is 10.6 Å². The van der Waals surface area contributed by atoms with Crippen LogP contribution in [0.1, 0.15) is 40.1 Å². The van der Waals surface area contributed by atoms with Gasteiger partial charge in [-0.1, -0.05) is 6.08 Å². The van der Waals surface area contributed by atoms with Gasteiger partial charge in [-0.2, -0.15) is 0 Å². The van der Waals surface area contributed by atoms with Crippen molar-refractivity contribution in [2.24, 2.45) is 4.99 Å². The Labute approximate surface area is 122 Å². The summed E-state index contributed by atoms with van der Waals surface area (Å²) in [7, 11) is 1.88. The van der Waals surface area contributed by atoms with E-state index in [2.05, 4.69) is 27.8 Å². The summed E-state index contributed by atoms with van der Waals surface area (Å²) in [5.41, 5.74) is 3.10. The molecule has 3 heterocycles. The Morgan fingerprint density at radius 1 is 1.45 bits per heavy atom. The van der Waals surface area contributed by atoms with Crippen molar-refractivity contribution in [2.75, 3.05) is 18.9 Å². The second-order valence-corrected chi connectivity index (χ2v) is 6.78. The van der Waals surface area contributed by atoms with Crippen molar-refractivity contribution in [1.29, 1.82) is 0 Å². The van der Waals surface area contributed by atoms with E-state index in [0.717, 1.165) is 42.1 Å². The lowest BCUT2D eigenvalue weighted by Gasteiger charge is -2.45. The quantitative estimate of drug-likeness (QED) is 0.877. The first-order valence-corrected chi connectivity index (χ1v) is 7.91. The van der Waals surface area contributed by atoms with Gasteiger partial charge in [0.2, 0.25) is 0 Å². The monoisotopic (exact) mass is 287 g/mol. The van der Waals surface area contributed by atoms with E-state index in [4.69, 9.17) is 0 Å². The molecule has 2 N–H and O–H groups in total. The zero-order valence-corrected chi connectivity index (χ0v) is 12.3. The number of carbonyl (C=O) groups is 1. The van der Waals surface area contributed by atoms with Crippen LogP contribution in [-0.2, 0) is 6.42 Å². The Bertz CT molecular complexity index is 652. The molecule has 4 nitrogen and oxygen atoms in total. The number of thiophene rings is 1. The summed E-state index contributed by atoms with van der Waals surface area (Å²) in [6.07, 6.45) is 8.52. The van der Waals surface area contributed by atoms with E-state index in [9.17, 15) is 4.79 Å². The molecular formula is C15H17N3OS. The van der Waals surface area contributed by atoms with E-state index in [-0.39, 0.29) is 11.4 Å². The molecule has 1 aromatic rings. The second kappa shape index (κ2) is 4.19. The summed E-state index contributed by atoms with van der Waals surface area (Å²) in [6.45, 7) is 0.758. The lowest BCUT2D eigenvalue weighted by Crippen LogP contribution is -2.57.